The van der Waals surface area contributed by atoms with Crippen molar-refractivity contribution in [3.05, 3.63) is 12.7 Å². The van der Waals surface area contributed by atoms with E-state index in [0.717, 1.165) is 19.3 Å². The van der Waals surface area contributed by atoms with Crippen LogP contribution in [0.1, 0.15) is 25.7 Å². The predicted molar refractivity (Wildman–Crippen MR) is 44.1 cm³/mol. The quantitative estimate of drug-likeness (QED) is 0.742. The van der Waals surface area contributed by atoms with Gasteiger partial charge < -0.3 is 5.11 Å². The summed E-state index contributed by atoms with van der Waals surface area (Å²) in [5.41, 5.74) is -0.289. The van der Waals surface area contributed by atoms with Gasteiger partial charge in [-0.25, -0.2) is 9.67 Å². The van der Waals surface area contributed by atoms with Crippen LogP contribution in [-0.4, -0.2) is 25.8 Å². The number of carboxylic acids is 1. The molecule has 0 amide bonds. The number of rotatable bonds is 3. The molecule has 1 aromatic rings. The van der Waals surface area contributed by atoms with Crippen molar-refractivity contribution in [3.8, 4) is 0 Å². The molecule has 0 aliphatic heterocycles. The number of carboxylic acid groups (broad SMARTS) is 1. The third-order valence-corrected chi connectivity index (χ3v) is 2.67. The second-order valence-corrected chi connectivity index (χ2v) is 3.49. The van der Waals surface area contributed by atoms with Crippen molar-refractivity contribution < 1.29 is 9.90 Å². The molecule has 1 aromatic heterocycles. The van der Waals surface area contributed by atoms with Gasteiger partial charge in [-0.15, -0.1) is 0 Å². The molecule has 0 spiro atoms. The minimum absolute atomic E-state index is 0.149. The minimum atomic E-state index is -0.768. The molecular weight excluding hydrogens is 170 g/mol. The summed E-state index contributed by atoms with van der Waals surface area (Å²) in [5.74, 6) is -0.768. The molecule has 70 valence electrons. The molecule has 2 rings (SSSR count). The zero-order chi connectivity index (χ0) is 9.31. The first-order chi connectivity index (χ1) is 6.23. The fraction of sp³-hybridized carbons (Fsp3) is 0.625. The van der Waals surface area contributed by atoms with Crippen LogP contribution < -0.4 is 0 Å². The third-order valence-electron chi connectivity index (χ3n) is 2.67. The van der Waals surface area contributed by atoms with E-state index in [4.69, 9.17) is 5.11 Å². The topological polar surface area (TPSA) is 68.0 Å². The van der Waals surface area contributed by atoms with Crippen LogP contribution in [-0.2, 0) is 10.3 Å². The number of nitrogens with zero attached hydrogens (tertiary/aromatic N) is 3. The van der Waals surface area contributed by atoms with Gasteiger partial charge in [-0.3, -0.25) is 4.79 Å². The lowest BCUT2D eigenvalue weighted by Crippen LogP contribution is -2.42. The Hall–Kier alpha value is -1.39. The molecule has 1 fully saturated rings. The van der Waals surface area contributed by atoms with E-state index in [-0.39, 0.29) is 12.0 Å². The molecule has 0 radical (unpaired) electrons. The largest absolute Gasteiger partial charge is 0.481 e. The van der Waals surface area contributed by atoms with E-state index < -0.39 is 5.97 Å². The number of carbonyl (C=O) groups is 1. The fourth-order valence-electron chi connectivity index (χ4n) is 1.81. The summed E-state index contributed by atoms with van der Waals surface area (Å²) in [6, 6.07) is 0. The van der Waals surface area contributed by atoms with Gasteiger partial charge in [0.15, 0.2) is 0 Å². The SMILES string of the molecule is O=C(O)CC1(n2cncn2)CCC1. The van der Waals surface area contributed by atoms with Gasteiger partial charge in [-0.1, -0.05) is 0 Å². The predicted octanol–water partition coefficient (Wildman–Crippen LogP) is 0.632. The van der Waals surface area contributed by atoms with E-state index >= 15 is 0 Å². The Morgan fingerprint density at radius 1 is 1.62 bits per heavy atom. The molecule has 1 N–H and O–H groups in total. The number of aromatic nitrogens is 3. The van der Waals surface area contributed by atoms with Crippen LogP contribution >= 0.6 is 0 Å². The van der Waals surface area contributed by atoms with Crippen LogP contribution in [0.25, 0.3) is 0 Å². The van der Waals surface area contributed by atoms with E-state index in [1.807, 2.05) is 0 Å². The maximum Gasteiger partial charge on any atom is 0.305 e. The van der Waals surface area contributed by atoms with Gasteiger partial charge in [0.1, 0.15) is 12.7 Å². The number of aliphatic carboxylic acids is 1. The maximum absolute atomic E-state index is 10.6. The highest BCUT2D eigenvalue weighted by Crippen LogP contribution is 2.41. The van der Waals surface area contributed by atoms with E-state index in [1.165, 1.54) is 6.33 Å². The van der Waals surface area contributed by atoms with Crippen LogP contribution in [0, 0.1) is 0 Å². The van der Waals surface area contributed by atoms with Gasteiger partial charge in [0.2, 0.25) is 0 Å². The lowest BCUT2D eigenvalue weighted by atomic mass is 9.74. The Morgan fingerprint density at radius 2 is 2.38 bits per heavy atom. The van der Waals surface area contributed by atoms with E-state index in [0.29, 0.717) is 0 Å². The van der Waals surface area contributed by atoms with E-state index in [2.05, 4.69) is 10.1 Å². The van der Waals surface area contributed by atoms with Crippen molar-refractivity contribution >= 4 is 5.97 Å². The highest BCUT2D eigenvalue weighted by Gasteiger charge is 2.41. The molecular formula is C8H11N3O2. The Labute approximate surface area is 75.4 Å². The first-order valence-electron chi connectivity index (χ1n) is 4.30. The second kappa shape index (κ2) is 2.83. The molecule has 1 saturated carbocycles. The van der Waals surface area contributed by atoms with Gasteiger partial charge in [-0.05, 0) is 19.3 Å². The number of hydrogen-bond donors (Lipinski definition) is 1. The van der Waals surface area contributed by atoms with Crippen LogP contribution in [0.5, 0.6) is 0 Å². The molecule has 0 atom stereocenters. The molecule has 13 heavy (non-hydrogen) atoms. The average molecular weight is 181 g/mol. The Morgan fingerprint density at radius 3 is 2.77 bits per heavy atom. The third kappa shape index (κ3) is 1.30. The molecule has 1 aliphatic carbocycles. The van der Waals surface area contributed by atoms with E-state index in [1.54, 1.807) is 11.0 Å². The molecule has 0 aromatic carbocycles. The smallest absolute Gasteiger partial charge is 0.305 e. The van der Waals surface area contributed by atoms with Gasteiger partial charge >= 0.3 is 5.97 Å². The van der Waals surface area contributed by atoms with Gasteiger partial charge in [0, 0.05) is 0 Å². The first-order valence-corrected chi connectivity index (χ1v) is 4.30. The molecule has 5 heteroatoms. The van der Waals surface area contributed by atoms with Crippen molar-refractivity contribution in [2.75, 3.05) is 0 Å². The zero-order valence-electron chi connectivity index (χ0n) is 7.18. The summed E-state index contributed by atoms with van der Waals surface area (Å²) in [6.07, 6.45) is 6.05. The highest BCUT2D eigenvalue weighted by molar-refractivity contribution is 5.68. The lowest BCUT2D eigenvalue weighted by Gasteiger charge is -2.40. The van der Waals surface area contributed by atoms with Crippen LogP contribution in [0.15, 0.2) is 12.7 Å². The Balaban J connectivity index is 2.20. The van der Waals surface area contributed by atoms with Crippen molar-refractivity contribution in [3.63, 3.8) is 0 Å². The van der Waals surface area contributed by atoms with E-state index in [9.17, 15) is 4.79 Å². The lowest BCUT2D eigenvalue weighted by molar-refractivity contribution is -0.141. The van der Waals surface area contributed by atoms with Crippen LogP contribution in [0.4, 0.5) is 0 Å². The van der Waals surface area contributed by atoms with Crippen LogP contribution in [0.3, 0.4) is 0 Å². The Bertz CT molecular complexity index is 303. The van der Waals surface area contributed by atoms with Crippen molar-refractivity contribution in [1.82, 2.24) is 14.8 Å². The van der Waals surface area contributed by atoms with Crippen molar-refractivity contribution in [2.45, 2.75) is 31.2 Å². The monoisotopic (exact) mass is 181 g/mol. The van der Waals surface area contributed by atoms with Gasteiger partial charge in [0.05, 0.1) is 12.0 Å². The summed E-state index contributed by atoms with van der Waals surface area (Å²) in [6.45, 7) is 0. The van der Waals surface area contributed by atoms with Crippen LogP contribution in [0.2, 0.25) is 0 Å². The molecule has 0 bridgehead atoms. The summed E-state index contributed by atoms with van der Waals surface area (Å²) < 4.78 is 1.69. The van der Waals surface area contributed by atoms with Crippen molar-refractivity contribution in [2.24, 2.45) is 0 Å². The molecule has 1 heterocycles. The van der Waals surface area contributed by atoms with Gasteiger partial charge in [0.25, 0.3) is 0 Å². The highest BCUT2D eigenvalue weighted by atomic mass is 16.4. The molecule has 0 saturated heterocycles. The minimum Gasteiger partial charge on any atom is -0.481 e. The normalized spacial score (nSPS) is 19.4. The molecule has 0 unspecified atom stereocenters. The van der Waals surface area contributed by atoms with Crippen molar-refractivity contribution in [1.29, 1.82) is 0 Å². The summed E-state index contributed by atoms with van der Waals surface area (Å²) in [4.78, 5) is 14.5. The maximum atomic E-state index is 10.6. The first kappa shape index (κ1) is 8.22. The fourth-order valence-corrected chi connectivity index (χ4v) is 1.81. The summed E-state index contributed by atoms with van der Waals surface area (Å²) in [5, 5.41) is 12.8. The summed E-state index contributed by atoms with van der Waals surface area (Å²) in [7, 11) is 0. The molecule has 5 nitrogen and oxygen atoms in total. The summed E-state index contributed by atoms with van der Waals surface area (Å²) >= 11 is 0. The average Bonchev–Trinajstić information content (AvgIpc) is 2.48. The second-order valence-electron chi connectivity index (χ2n) is 3.49. The Kier molecular flexibility index (Phi) is 1.79. The zero-order valence-corrected chi connectivity index (χ0v) is 7.18. The number of hydrogen-bond acceptors (Lipinski definition) is 3. The van der Waals surface area contributed by atoms with Gasteiger partial charge in [-0.2, -0.15) is 5.10 Å². The standard InChI is InChI=1S/C8H11N3O2/c12-7(13)4-8(2-1-3-8)11-6-9-5-10-11/h5-6H,1-4H2,(H,12,13). The molecule has 1 aliphatic rings.